The second-order valence-corrected chi connectivity index (χ2v) is 6.56. The molecular formula is C21H28N2O3. The molecule has 1 amide bonds. The molecule has 2 rings (SSSR count). The molecular weight excluding hydrogens is 328 g/mol. The van der Waals surface area contributed by atoms with Gasteiger partial charge in [-0.25, -0.2) is 4.79 Å². The number of aryl methyl sites for hydroxylation is 1. The van der Waals surface area contributed by atoms with Gasteiger partial charge in [-0.1, -0.05) is 37.3 Å². The molecule has 1 heterocycles. The van der Waals surface area contributed by atoms with Crippen LogP contribution in [0, 0.1) is 13.8 Å². The lowest BCUT2D eigenvalue weighted by atomic mass is 10.0. The first-order chi connectivity index (χ1) is 12.4. The number of aromatic amines is 1. The topological polar surface area (TPSA) is 71.2 Å². The number of hydrogen-bond acceptors (Lipinski definition) is 3. The van der Waals surface area contributed by atoms with Gasteiger partial charge in [-0.15, -0.1) is 0 Å². The summed E-state index contributed by atoms with van der Waals surface area (Å²) in [5.74, 6) is -0.0581. The van der Waals surface area contributed by atoms with E-state index in [0.29, 0.717) is 31.7 Å². The number of hydrogen-bond donors (Lipinski definition) is 2. The zero-order chi connectivity index (χ0) is 19.1. The molecule has 0 fully saturated rings. The molecule has 0 saturated heterocycles. The first-order valence-electron chi connectivity index (χ1n) is 9.10. The van der Waals surface area contributed by atoms with E-state index in [1.807, 2.05) is 32.0 Å². The van der Waals surface area contributed by atoms with E-state index in [4.69, 9.17) is 4.74 Å². The molecule has 1 unspecified atom stereocenters. The van der Waals surface area contributed by atoms with Gasteiger partial charge >= 0.3 is 5.97 Å². The largest absolute Gasteiger partial charge is 0.461 e. The molecule has 2 N–H and O–H groups in total. The third-order valence-corrected chi connectivity index (χ3v) is 4.65. The van der Waals surface area contributed by atoms with Crippen molar-refractivity contribution < 1.29 is 14.3 Å². The van der Waals surface area contributed by atoms with Crippen LogP contribution < -0.4 is 5.32 Å². The zero-order valence-corrected chi connectivity index (χ0v) is 16.0. The number of carbonyl (C=O) groups excluding carboxylic acids is 2. The lowest BCUT2D eigenvalue weighted by Gasteiger charge is -2.13. The highest BCUT2D eigenvalue weighted by Gasteiger charge is 2.18. The van der Waals surface area contributed by atoms with Crippen molar-refractivity contribution in [2.75, 3.05) is 13.2 Å². The van der Waals surface area contributed by atoms with Crippen LogP contribution in [0.2, 0.25) is 0 Å². The molecule has 1 atom stereocenters. The van der Waals surface area contributed by atoms with Crippen molar-refractivity contribution in [1.29, 1.82) is 0 Å². The number of amides is 1. The van der Waals surface area contributed by atoms with E-state index in [1.165, 1.54) is 5.56 Å². The Hall–Kier alpha value is -2.56. The highest BCUT2D eigenvalue weighted by atomic mass is 16.5. The second-order valence-electron chi connectivity index (χ2n) is 6.56. The third-order valence-electron chi connectivity index (χ3n) is 4.65. The minimum absolute atomic E-state index is 0.0189. The van der Waals surface area contributed by atoms with E-state index in [9.17, 15) is 9.59 Å². The summed E-state index contributed by atoms with van der Waals surface area (Å²) in [6.45, 7) is 8.64. The summed E-state index contributed by atoms with van der Waals surface area (Å²) in [4.78, 5) is 27.2. The summed E-state index contributed by atoms with van der Waals surface area (Å²) in [6.07, 6.45) is 0.989. The van der Waals surface area contributed by atoms with E-state index in [2.05, 4.69) is 29.4 Å². The van der Waals surface area contributed by atoms with Crippen LogP contribution >= 0.6 is 0 Å². The second kappa shape index (κ2) is 9.22. The van der Waals surface area contributed by atoms with Crippen molar-refractivity contribution >= 4 is 11.9 Å². The minimum atomic E-state index is -0.347. The van der Waals surface area contributed by atoms with Gasteiger partial charge in [0.1, 0.15) is 5.69 Å². The molecule has 26 heavy (non-hydrogen) atoms. The normalized spacial score (nSPS) is 11.8. The lowest BCUT2D eigenvalue weighted by Crippen LogP contribution is -2.27. The molecule has 0 aliphatic carbocycles. The van der Waals surface area contributed by atoms with Crippen molar-refractivity contribution in [2.24, 2.45) is 0 Å². The molecule has 0 spiro atoms. The molecule has 140 valence electrons. The summed E-state index contributed by atoms with van der Waals surface area (Å²) >= 11 is 0. The Morgan fingerprint density at radius 1 is 1.19 bits per heavy atom. The fraction of sp³-hybridized carbons (Fsp3) is 0.429. The van der Waals surface area contributed by atoms with Gasteiger partial charge in [0, 0.05) is 18.7 Å². The van der Waals surface area contributed by atoms with Crippen LogP contribution in [0.4, 0.5) is 0 Å². The van der Waals surface area contributed by atoms with Gasteiger partial charge in [0.05, 0.1) is 6.61 Å². The van der Waals surface area contributed by atoms with E-state index >= 15 is 0 Å². The number of benzene rings is 1. The molecule has 2 aromatic rings. The first kappa shape index (κ1) is 19.8. The zero-order valence-electron chi connectivity index (χ0n) is 16.0. The quantitative estimate of drug-likeness (QED) is 0.709. The van der Waals surface area contributed by atoms with Crippen LogP contribution in [0.15, 0.2) is 30.3 Å². The number of rotatable bonds is 8. The lowest BCUT2D eigenvalue weighted by molar-refractivity contribution is -0.121. The van der Waals surface area contributed by atoms with Gasteiger partial charge in [0.25, 0.3) is 0 Å². The van der Waals surface area contributed by atoms with Gasteiger partial charge < -0.3 is 15.0 Å². The van der Waals surface area contributed by atoms with Crippen molar-refractivity contribution in [2.45, 2.75) is 46.5 Å². The molecule has 0 aliphatic rings. The van der Waals surface area contributed by atoms with E-state index in [-0.39, 0.29) is 17.8 Å². The molecule has 1 aromatic heterocycles. The van der Waals surface area contributed by atoms with E-state index in [0.717, 1.165) is 16.8 Å². The number of esters is 1. The maximum absolute atomic E-state index is 12.2. The summed E-state index contributed by atoms with van der Waals surface area (Å²) in [5.41, 5.74) is 4.49. The van der Waals surface area contributed by atoms with Gasteiger partial charge in [-0.2, -0.15) is 0 Å². The standard InChI is InChI=1S/C21H28N2O3/c1-5-26-21(25)20-15(3)18(16(4)23-20)11-12-19(24)22-13-14(2)17-9-7-6-8-10-17/h6-10,14,23H,5,11-13H2,1-4H3,(H,22,24). The molecule has 5 heteroatoms. The van der Waals surface area contributed by atoms with E-state index < -0.39 is 0 Å². The van der Waals surface area contributed by atoms with Gasteiger partial charge in [0.2, 0.25) is 5.91 Å². The van der Waals surface area contributed by atoms with Gasteiger partial charge in [0.15, 0.2) is 0 Å². The Morgan fingerprint density at radius 2 is 1.88 bits per heavy atom. The minimum Gasteiger partial charge on any atom is -0.461 e. The Bertz CT molecular complexity index is 750. The number of carbonyl (C=O) groups is 2. The Morgan fingerprint density at radius 3 is 2.54 bits per heavy atom. The SMILES string of the molecule is CCOC(=O)c1[nH]c(C)c(CCC(=O)NCC(C)c2ccccc2)c1C. The van der Waals surface area contributed by atoms with Crippen LogP contribution in [0.25, 0.3) is 0 Å². The van der Waals surface area contributed by atoms with Crippen LogP contribution in [0.1, 0.15) is 59.1 Å². The Balaban J connectivity index is 1.88. The summed E-state index contributed by atoms with van der Waals surface area (Å²) in [7, 11) is 0. The van der Waals surface area contributed by atoms with Crippen molar-refractivity contribution in [1.82, 2.24) is 10.3 Å². The van der Waals surface area contributed by atoms with Gasteiger partial charge in [-0.3, -0.25) is 4.79 Å². The number of H-pyrrole nitrogens is 1. The smallest absolute Gasteiger partial charge is 0.355 e. The fourth-order valence-corrected chi connectivity index (χ4v) is 3.06. The van der Waals surface area contributed by atoms with Crippen LogP contribution in [-0.4, -0.2) is 30.0 Å². The van der Waals surface area contributed by atoms with Crippen molar-refractivity contribution in [3.8, 4) is 0 Å². The number of nitrogens with one attached hydrogen (secondary N) is 2. The van der Waals surface area contributed by atoms with Crippen LogP contribution in [0.3, 0.4) is 0 Å². The predicted octanol–water partition coefficient (Wildman–Crippen LogP) is 3.66. The first-order valence-corrected chi connectivity index (χ1v) is 9.10. The number of ether oxygens (including phenoxy) is 1. The average Bonchev–Trinajstić information content (AvgIpc) is 2.93. The highest BCUT2D eigenvalue weighted by Crippen LogP contribution is 2.20. The van der Waals surface area contributed by atoms with Crippen LogP contribution in [-0.2, 0) is 16.0 Å². The summed E-state index contributed by atoms with van der Waals surface area (Å²) in [5, 5.41) is 3.00. The van der Waals surface area contributed by atoms with E-state index in [1.54, 1.807) is 6.92 Å². The summed E-state index contributed by atoms with van der Waals surface area (Å²) < 4.78 is 5.06. The molecule has 0 aliphatic heterocycles. The average molecular weight is 356 g/mol. The molecule has 0 saturated carbocycles. The van der Waals surface area contributed by atoms with Crippen LogP contribution in [0.5, 0.6) is 0 Å². The maximum Gasteiger partial charge on any atom is 0.355 e. The van der Waals surface area contributed by atoms with Gasteiger partial charge in [-0.05, 0) is 49.8 Å². The maximum atomic E-state index is 12.2. The van der Waals surface area contributed by atoms with Crippen molar-refractivity contribution in [3.63, 3.8) is 0 Å². The monoisotopic (exact) mass is 356 g/mol. The summed E-state index contributed by atoms with van der Waals surface area (Å²) in [6, 6.07) is 10.1. The fourth-order valence-electron chi connectivity index (χ4n) is 3.06. The predicted molar refractivity (Wildman–Crippen MR) is 102 cm³/mol. The molecule has 0 bridgehead atoms. The highest BCUT2D eigenvalue weighted by molar-refractivity contribution is 5.90. The third kappa shape index (κ3) is 4.97. The Labute approximate surface area is 155 Å². The Kier molecular flexibility index (Phi) is 7.01. The van der Waals surface area contributed by atoms with Crippen molar-refractivity contribution in [3.05, 3.63) is 58.4 Å². The molecule has 0 radical (unpaired) electrons. The number of aromatic nitrogens is 1. The molecule has 5 nitrogen and oxygen atoms in total. The molecule has 1 aromatic carbocycles.